The van der Waals surface area contributed by atoms with Crippen LogP contribution in [0.2, 0.25) is 5.15 Å². The molecule has 3 rings (SSSR count). The summed E-state index contributed by atoms with van der Waals surface area (Å²) >= 11 is 5.97. The number of sulfonamides is 1. The van der Waals surface area contributed by atoms with Gasteiger partial charge in [0.25, 0.3) is 0 Å². The van der Waals surface area contributed by atoms with E-state index in [1.54, 1.807) is 6.07 Å². The standard InChI is InChI=1S/C14H16ClN3O2S/c1-17-9-3-5-11(17)12-6-4-10-18(12)21(19,20)13-7-2-8-16-14(13)15/h2-3,5,7-9,12H,4,6,10H2,1H3. The molecule has 5 nitrogen and oxygen atoms in total. The van der Waals surface area contributed by atoms with Crippen LogP contribution in [0, 0.1) is 0 Å². The van der Waals surface area contributed by atoms with E-state index < -0.39 is 10.0 Å². The van der Waals surface area contributed by atoms with Gasteiger partial charge in [-0.3, -0.25) is 0 Å². The fourth-order valence-corrected chi connectivity index (χ4v) is 4.93. The van der Waals surface area contributed by atoms with Crippen molar-refractivity contribution in [2.75, 3.05) is 6.54 Å². The van der Waals surface area contributed by atoms with Gasteiger partial charge in [0.2, 0.25) is 10.0 Å². The lowest BCUT2D eigenvalue weighted by molar-refractivity contribution is 0.384. The van der Waals surface area contributed by atoms with Crippen molar-refractivity contribution in [3.05, 3.63) is 47.5 Å². The molecule has 0 spiro atoms. The molecule has 1 unspecified atom stereocenters. The number of aromatic nitrogens is 2. The molecule has 1 saturated heterocycles. The van der Waals surface area contributed by atoms with Crippen LogP contribution in [-0.4, -0.2) is 28.8 Å². The van der Waals surface area contributed by atoms with Crippen LogP contribution in [0.1, 0.15) is 24.6 Å². The third-order valence-electron chi connectivity index (χ3n) is 3.84. The number of rotatable bonds is 3. The van der Waals surface area contributed by atoms with Gasteiger partial charge in [0.15, 0.2) is 0 Å². The number of pyridine rings is 1. The highest BCUT2D eigenvalue weighted by Gasteiger charge is 2.38. The normalized spacial score (nSPS) is 20.0. The van der Waals surface area contributed by atoms with E-state index in [1.165, 1.54) is 16.6 Å². The minimum absolute atomic E-state index is 0.0232. The molecule has 1 atom stereocenters. The third kappa shape index (κ3) is 2.47. The number of hydrogen-bond donors (Lipinski definition) is 0. The molecule has 1 aliphatic heterocycles. The van der Waals surface area contributed by atoms with Crippen molar-refractivity contribution in [3.63, 3.8) is 0 Å². The van der Waals surface area contributed by atoms with Gasteiger partial charge in [-0.25, -0.2) is 13.4 Å². The topological polar surface area (TPSA) is 55.2 Å². The molecular formula is C14H16ClN3O2S. The molecule has 0 aliphatic carbocycles. The third-order valence-corrected chi connectivity index (χ3v) is 6.19. The summed E-state index contributed by atoms with van der Waals surface area (Å²) in [6, 6.07) is 6.84. The molecule has 21 heavy (non-hydrogen) atoms. The highest BCUT2D eigenvalue weighted by Crippen LogP contribution is 2.37. The molecule has 0 bridgehead atoms. The van der Waals surface area contributed by atoms with E-state index in [1.807, 2.05) is 29.9 Å². The van der Waals surface area contributed by atoms with Crippen molar-refractivity contribution in [1.82, 2.24) is 13.9 Å². The summed E-state index contributed by atoms with van der Waals surface area (Å²) in [7, 11) is -1.71. The van der Waals surface area contributed by atoms with Crippen molar-refractivity contribution >= 4 is 21.6 Å². The number of hydrogen-bond acceptors (Lipinski definition) is 3. The average Bonchev–Trinajstić information content (AvgIpc) is 3.07. The Bertz CT molecular complexity index is 757. The summed E-state index contributed by atoms with van der Waals surface area (Å²) in [6.07, 6.45) is 5.07. The Morgan fingerprint density at radius 3 is 2.81 bits per heavy atom. The molecular weight excluding hydrogens is 310 g/mol. The van der Waals surface area contributed by atoms with Crippen LogP contribution < -0.4 is 0 Å². The van der Waals surface area contributed by atoms with Gasteiger partial charge in [0.05, 0.1) is 6.04 Å². The van der Waals surface area contributed by atoms with Gasteiger partial charge in [0.1, 0.15) is 10.0 Å². The first kappa shape index (κ1) is 14.6. The lowest BCUT2D eigenvalue weighted by Gasteiger charge is -2.24. The highest BCUT2D eigenvalue weighted by atomic mass is 35.5. The zero-order chi connectivity index (χ0) is 15.0. The van der Waals surface area contributed by atoms with E-state index in [-0.39, 0.29) is 16.1 Å². The van der Waals surface area contributed by atoms with Crippen molar-refractivity contribution in [2.45, 2.75) is 23.8 Å². The first-order valence-corrected chi connectivity index (χ1v) is 8.57. The molecule has 1 fully saturated rings. The number of halogens is 1. The van der Waals surface area contributed by atoms with Crippen LogP contribution in [0.25, 0.3) is 0 Å². The zero-order valence-electron chi connectivity index (χ0n) is 11.6. The SMILES string of the molecule is Cn1cccc1C1CCCN1S(=O)(=O)c1cccnc1Cl. The largest absolute Gasteiger partial charge is 0.353 e. The zero-order valence-corrected chi connectivity index (χ0v) is 13.2. The monoisotopic (exact) mass is 325 g/mol. The molecule has 0 radical (unpaired) electrons. The van der Waals surface area contributed by atoms with Gasteiger partial charge in [-0.15, -0.1) is 0 Å². The predicted octanol–water partition coefficient (Wildman–Crippen LogP) is 2.60. The predicted molar refractivity (Wildman–Crippen MR) is 80.5 cm³/mol. The Labute approximate surface area is 129 Å². The molecule has 0 aromatic carbocycles. The first-order valence-electron chi connectivity index (χ1n) is 6.75. The molecule has 2 aromatic heterocycles. The Kier molecular flexibility index (Phi) is 3.77. The van der Waals surface area contributed by atoms with Gasteiger partial charge in [-0.1, -0.05) is 11.6 Å². The fraction of sp³-hybridized carbons (Fsp3) is 0.357. The van der Waals surface area contributed by atoms with E-state index in [2.05, 4.69) is 4.98 Å². The van der Waals surface area contributed by atoms with Crippen LogP contribution in [-0.2, 0) is 17.1 Å². The molecule has 2 aromatic rings. The maximum atomic E-state index is 12.9. The maximum Gasteiger partial charge on any atom is 0.246 e. The fourth-order valence-electron chi connectivity index (χ4n) is 2.83. The first-order chi connectivity index (χ1) is 10.0. The van der Waals surface area contributed by atoms with E-state index in [4.69, 9.17) is 11.6 Å². The van der Waals surface area contributed by atoms with Gasteiger partial charge in [-0.05, 0) is 37.1 Å². The Hall–Kier alpha value is -1.37. The van der Waals surface area contributed by atoms with Crippen LogP contribution in [0.5, 0.6) is 0 Å². The molecule has 0 amide bonds. The van der Waals surface area contributed by atoms with E-state index in [0.29, 0.717) is 6.54 Å². The minimum atomic E-state index is -3.64. The number of aryl methyl sites for hydroxylation is 1. The van der Waals surface area contributed by atoms with Gasteiger partial charge in [0, 0.05) is 31.7 Å². The Balaban J connectivity index is 2.03. The highest BCUT2D eigenvalue weighted by molar-refractivity contribution is 7.89. The maximum absolute atomic E-state index is 12.9. The second-order valence-corrected chi connectivity index (χ2v) is 7.33. The molecule has 112 valence electrons. The molecule has 7 heteroatoms. The average molecular weight is 326 g/mol. The van der Waals surface area contributed by atoms with Crippen molar-refractivity contribution in [2.24, 2.45) is 7.05 Å². The van der Waals surface area contributed by atoms with Crippen LogP contribution in [0.3, 0.4) is 0 Å². The van der Waals surface area contributed by atoms with Crippen molar-refractivity contribution in [1.29, 1.82) is 0 Å². The minimum Gasteiger partial charge on any atom is -0.353 e. The van der Waals surface area contributed by atoms with Gasteiger partial charge >= 0.3 is 0 Å². The van der Waals surface area contributed by atoms with Crippen molar-refractivity contribution in [3.8, 4) is 0 Å². The quantitative estimate of drug-likeness (QED) is 0.815. The second-order valence-electron chi connectivity index (χ2n) is 5.11. The van der Waals surface area contributed by atoms with Crippen molar-refractivity contribution < 1.29 is 8.42 Å². The Morgan fingerprint density at radius 1 is 1.33 bits per heavy atom. The van der Waals surface area contributed by atoms with E-state index >= 15 is 0 Å². The Morgan fingerprint density at radius 2 is 2.14 bits per heavy atom. The molecule has 0 saturated carbocycles. The smallest absolute Gasteiger partial charge is 0.246 e. The summed E-state index contributed by atoms with van der Waals surface area (Å²) in [5, 5.41) is 0.0232. The lowest BCUT2D eigenvalue weighted by atomic mass is 10.1. The van der Waals surface area contributed by atoms with Crippen LogP contribution in [0.4, 0.5) is 0 Å². The van der Waals surface area contributed by atoms with Crippen LogP contribution in [0.15, 0.2) is 41.6 Å². The number of nitrogens with zero attached hydrogens (tertiary/aromatic N) is 3. The van der Waals surface area contributed by atoms with E-state index in [0.717, 1.165) is 18.5 Å². The van der Waals surface area contributed by atoms with E-state index in [9.17, 15) is 8.42 Å². The summed E-state index contributed by atoms with van der Waals surface area (Å²) in [6.45, 7) is 0.503. The van der Waals surface area contributed by atoms with Crippen LogP contribution >= 0.6 is 11.6 Å². The van der Waals surface area contributed by atoms with Gasteiger partial charge in [-0.2, -0.15) is 4.31 Å². The van der Waals surface area contributed by atoms with Gasteiger partial charge < -0.3 is 4.57 Å². The molecule has 0 N–H and O–H groups in total. The molecule has 3 heterocycles. The summed E-state index contributed by atoms with van der Waals surface area (Å²) in [4.78, 5) is 3.95. The lowest BCUT2D eigenvalue weighted by Crippen LogP contribution is -2.31. The summed E-state index contributed by atoms with van der Waals surface area (Å²) < 4.78 is 29.2. The second kappa shape index (κ2) is 5.44. The molecule has 1 aliphatic rings. The summed E-state index contributed by atoms with van der Waals surface area (Å²) in [5.74, 6) is 0. The summed E-state index contributed by atoms with van der Waals surface area (Å²) in [5.41, 5.74) is 0.996.